The molecule has 1 saturated heterocycles. The molecule has 0 saturated carbocycles. The lowest BCUT2D eigenvalue weighted by molar-refractivity contribution is -0.274. The average molecular weight is 677 g/mol. The van der Waals surface area contributed by atoms with Gasteiger partial charge in [0, 0.05) is 72.5 Å². The Morgan fingerprint density at radius 3 is 2.19 bits per heavy atom. The maximum atomic E-state index is 13.8. The number of pyridine rings is 2. The number of anilines is 2. The lowest BCUT2D eigenvalue weighted by Crippen LogP contribution is -2.50. The molecule has 3 aromatic carbocycles. The van der Waals surface area contributed by atoms with E-state index in [1.165, 1.54) is 35.4 Å². The second kappa shape index (κ2) is 12.8. The van der Waals surface area contributed by atoms with Crippen LogP contribution < -0.4 is 15.2 Å². The van der Waals surface area contributed by atoms with Crippen LogP contribution in [0.5, 0.6) is 5.75 Å². The van der Waals surface area contributed by atoms with Crippen LogP contribution in [0.15, 0.2) is 102 Å². The molecular weight excluding hydrogens is 649 g/mol. The van der Waals surface area contributed by atoms with Gasteiger partial charge in [0.05, 0.1) is 21.7 Å². The third kappa shape index (κ3) is 6.85. The van der Waals surface area contributed by atoms with Crippen LogP contribution in [0.4, 0.5) is 24.5 Å². The van der Waals surface area contributed by atoms with Gasteiger partial charge in [-0.15, -0.1) is 13.2 Å². The maximum absolute atomic E-state index is 13.8. The molecule has 3 N–H and O–H groups in total. The van der Waals surface area contributed by atoms with Gasteiger partial charge in [-0.05, 0) is 54.6 Å². The van der Waals surface area contributed by atoms with Crippen molar-refractivity contribution in [2.45, 2.75) is 11.3 Å². The lowest BCUT2D eigenvalue weighted by Gasteiger charge is -2.35. The summed E-state index contributed by atoms with van der Waals surface area (Å²) in [7, 11) is -4.56. The highest BCUT2D eigenvalue weighted by Crippen LogP contribution is 2.37. The molecule has 11 nitrogen and oxygen atoms in total. The van der Waals surface area contributed by atoms with Crippen molar-refractivity contribution in [3.63, 3.8) is 0 Å². The molecule has 3 heterocycles. The number of nitrogens with two attached hydrogens (primary N) is 1. The minimum absolute atomic E-state index is 0.123. The number of piperazine rings is 1. The Bertz CT molecular complexity index is 2120. The zero-order valence-corrected chi connectivity index (χ0v) is 25.8. The van der Waals surface area contributed by atoms with E-state index in [1.54, 1.807) is 59.8 Å². The average Bonchev–Trinajstić information content (AvgIpc) is 3.07. The number of ether oxygens (including phenoxy) is 1. The second-order valence-electron chi connectivity index (χ2n) is 10.8. The summed E-state index contributed by atoms with van der Waals surface area (Å²) in [4.78, 5) is 37.1. The van der Waals surface area contributed by atoms with Gasteiger partial charge in [-0.3, -0.25) is 24.3 Å². The van der Waals surface area contributed by atoms with Gasteiger partial charge in [-0.1, -0.05) is 24.3 Å². The first kappa shape index (κ1) is 32.2. The van der Waals surface area contributed by atoms with Crippen molar-refractivity contribution in [2.75, 3.05) is 36.6 Å². The Balaban J connectivity index is 1.27. The van der Waals surface area contributed by atoms with E-state index in [2.05, 4.69) is 19.4 Å². The van der Waals surface area contributed by atoms with Crippen molar-refractivity contribution in [2.24, 2.45) is 0 Å². The molecule has 1 fully saturated rings. The standard InChI is InChI=1S/C33H27F3N6O5S/c34-33(35,36)47-28-18-22(31(43)41-14-16-42(17-15-41)32(44)23-6-2-12-38-20-23)8-10-27(28)40-48(45,46)29-11-9-24(37)19-26(29)25-7-1-4-21-5-3-13-39-30(21)25/h1-13,18-20,40H,14-17,37H2. The third-order valence-corrected chi connectivity index (χ3v) is 9.10. The molecule has 2 amide bonds. The number of amides is 2. The first-order valence-electron chi connectivity index (χ1n) is 14.5. The second-order valence-corrected chi connectivity index (χ2v) is 12.5. The summed E-state index contributed by atoms with van der Waals surface area (Å²) in [5.74, 6) is -1.80. The molecule has 1 aliphatic rings. The van der Waals surface area contributed by atoms with Crippen molar-refractivity contribution in [3.8, 4) is 16.9 Å². The summed E-state index contributed by atoms with van der Waals surface area (Å²) in [6.45, 7) is 0.633. The SMILES string of the molecule is Nc1ccc(S(=O)(=O)Nc2ccc(C(=O)N3CCN(C(=O)c4cccnc4)CC3)cc2OC(F)(F)F)c(-c2cccc3cccnc23)c1. The van der Waals surface area contributed by atoms with Gasteiger partial charge >= 0.3 is 6.36 Å². The molecule has 0 unspecified atom stereocenters. The molecule has 48 heavy (non-hydrogen) atoms. The van der Waals surface area contributed by atoms with E-state index in [-0.39, 0.29) is 53.8 Å². The number of fused-ring (bicyclic) bond motifs is 1. The topological polar surface area (TPSA) is 148 Å². The number of nitrogens with zero attached hydrogens (tertiary/aromatic N) is 4. The maximum Gasteiger partial charge on any atom is 0.573 e. The fraction of sp³-hybridized carbons (Fsp3) is 0.152. The normalized spacial score (nSPS) is 13.7. The molecule has 0 aliphatic carbocycles. The Morgan fingerprint density at radius 2 is 1.50 bits per heavy atom. The summed E-state index contributed by atoms with van der Waals surface area (Å²) in [6, 6.07) is 19.1. The fourth-order valence-electron chi connectivity index (χ4n) is 5.43. The zero-order chi connectivity index (χ0) is 34.1. The van der Waals surface area contributed by atoms with Gasteiger partial charge in [0.1, 0.15) is 0 Å². The Hall–Kier alpha value is -5.70. The van der Waals surface area contributed by atoms with Crippen LogP contribution in [0.3, 0.4) is 0 Å². The van der Waals surface area contributed by atoms with Gasteiger partial charge in [-0.25, -0.2) is 8.42 Å². The van der Waals surface area contributed by atoms with Gasteiger partial charge in [0.2, 0.25) is 0 Å². The molecule has 0 bridgehead atoms. The number of nitrogen functional groups attached to an aromatic ring is 1. The number of carbonyl (C=O) groups excluding carboxylic acids is 2. The number of rotatable bonds is 7. The van der Waals surface area contributed by atoms with Crippen LogP contribution in [-0.2, 0) is 10.0 Å². The van der Waals surface area contributed by atoms with Crippen molar-refractivity contribution in [1.82, 2.24) is 19.8 Å². The molecule has 6 rings (SSSR count). The fourth-order valence-corrected chi connectivity index (χ4v) is 6.70. The first-order valence-corrected chi connectivity index (χ1v) is 16.0. The highest BCUT2D eigenvalue weighted by Gasteiger charge is 2.34. The van der Waals surface area contributed by atoms with Crippen LogP contribution in [0, 0.1) is 0 Å². The summed E-state index contributed by atoms with van der Waals surface area (Å²) < 4.78 is 74.6. The number of hydrogen-bond acceptors (Lipinski definition) is 8. The van der Waals surface area contributed by atoms with Crippen LogP contribution in [0.2, 0.25) is 0 Å². The van der Waals surface area contributed by atoms with E-state index in [4.69, 9.17) is 5.73 Å². The lowest BCUT2D eigenvalue weighted by atomic mass is 10.0. The minimum Gasteiger partial charge on any atom is -0.404 e. The van der Waals surface area contributed by atoms with Crippen molar-refractivity contribution < 1.29 is 35.9 Å². The Kier molecular flexibility index (Phi) is 8.62. The Labute approximate surface area is 272 Å². The molecule has 0 radical (unpaired) electrons. The van der Waals surface area contributed by atoms with E-state index in [0.29, 0.717) is 16.6 Å². The summed E-state index contributed by atoms with van der Waals surface area (Å²) >= 11 is 0. The van der Waals surface area contributed by atoms with Crippen molar-refractivity contribution in [3.05, 3.63) is 109 Å². The minimum atomic E-state index is -5.21. The number of nitrogens with one attached hydrogen (secondary N) is 1. The van der Waals surface area contributed by atoms with E-state index < -0.39 is 33.7 Å². The first-order chi connectivity index (χ1) is 22.9. The van der Waals surface area contributed by atoms with Crippen LogP contribution in [-0.4, -0.2) is 72.5 Å². The summed E-state index contributed by atoms with van der Waals surface area (Å²) in [6.07, 6.45) is -0.677. The van der Waals surface area contributed by atoms with Crippen LogP contribution in [0.25, 0.3) is 22.0 Å². The predicted octanol–water partition coefficient (Wildman–Crippen LogP) is 5.18. The van der Waals surface area contributed by atoms with Gasteiger partial charge in [0.25, 0.3) is 21.8 Å². The molecule has 1 aliphatic heterocycles. The number of para-hydroxylation sites is 1. The molecule has 15 heteroatoms. The summed E-state index contributed by atoms with van der Waals surface area (Å²) in [5.41, 5.74) is 7.06. The number of sulfonamides is 1. The molecule has 0 atom stereocenters. The van der Waals surface area contributed by atoms with E-state index in [9.17, 15) is 31.2 Å². The molecule has 5 aromatic rings. The largest absolute Gasteiger partial charge is 0.573 e. The Morgan fingerprint density at radius 1 is 0.812 bits per heavy atom. The van der Waals surface area contributed by atoms with E-state index in [1.807, 2.05) is 0 Å². The highest BCUT2D eigenvalue weighted by atomic mass is 32.2. The van der Waals surface area contributed by atoms with Gasteiger partial charge in [-0.2, -0.15) is 0 Å². The number of benzene rings is 3. The molecule has 246 valence electrons. The quantitative estimate of drug-likeness (QED) is 0.224. The number of aromatic nitrogens is 2. The smallest absolute Gasteiger partial charge is 0.404 e. The number of carbonyl (C=O) groups is 2. The van der Waals surface area contributed by atoms with Gasteiger partial charge in [0.15, 0.2) is 5.75 Å². The van der Waals surface area contributed by atoms with Crippen molar-refractivity contribution >= 4 is 44.1 Å². The van der Waals surface area contributed by atoms with E-state index in [0.717, 1.165) is 17.5 Å². The zero-order valence-electron chi connectivity index (χ0n) is 25.0. The number of halogens is 3. The monoisotopic (exact) mass is 676 g/mol. The molecule has 0 spiro atoms. The number of alkyl halides is 3. The highest BCUT2D eigenvalue weighted by molar-refractivity contribution is 7.92. The van der Waals surface area contributed by atoms with Crippen LogP contribution >= 0.6 is 0 Å². The predicted molar refractivity (Wildman–Crippen MR) is 172 cm³/mol. The van der Waals surface area contributed by atoms with Crippen molar-refractivity contribution in [1.29, 1.82) is 0 Å². The summed E-state index contributed by atoms with van der Waals surface area (Å²) in [5, 5.41) is 0.733. The van der Waals surface area contributed by atoms with E-state index >= 15 is 0 Å². The van der Waals surface area contributed by atoms with Gasteiger partial charge < -0.3 is 20.3 Å². The molecule has 2 aromatic heterocycles. The molecular formula is C33H27F3N6O5S. The third-order valence-electron chi connectivity index (χ3n) is 7.68. The number of hydrogen-bond donors (Lipinski definition) is 2. The van der Waals surface area contributed by atoms with Crippen LogP contribution in [0.1, 0.15) is 20.7 Å².